The van der Waals surface area contributed by atoms with Crippen molar-refractivity contribution in [3.05, 3.63) is 65.6 Å². The third-order valence-corrected chi connectivity index (χ3v) is 6.72. The number of rotatable bonds is 3. The third-order valence-electron chi connectivity index (χ3n) is 5.06. The number of urea groups is 1. The van der Waals surface area contributed by atoms with E-state index in [2.05, 4.69) is 15.3 Å². The third kappa shape index (κ3) is 3.00. The minimum atomic E-state index is -0.508. The zero-order chi connectivity index (χ0) is 20.8. The number of amides is 3. The van der Waals surface area contributed by atoms with Crippen LogP contribution in [0.4, 0.5) is 10.5 Å². The number of pyridine rings is 2. The highest BCUT2D eigenvalue weighted by molar-refractivity contribution is 8.09. The molecule has 0 aliphatic carbocycles. The van der Waals surface area contributed by atoms with Crippen LogP contribution in [0.15, 0.2) is 55.0 Å². The molecule has 2 atom stereocenters. The highest BCUT2D eigenvalue weighted by Gasteiger charge is 2.45. The Balaban J connectivity index is 1.50. The van der Waals surface area contributed by atoms with E-state index in [1.165, 1.54) is 30.0 Å². The van der Waals surface area contributed by atoms with Gasteiger partial charge in [-0.2, -0.15) is 0 Å². The number of methoxy groups -OCH3 is 1. The number of imide groups is 1. The number of carbonyl (C=O) groups excluding carboxylic acids is 2. The molecule has 5 rings (SSSR count). The lowest BCUT2D eigenvalue weighted by Crippen LogP contribution is -2.60. The minimum absolute atomic E-state index is 0.296. The van der Waals surface area contributed by atoms with E-state index in [-0.39, 0.29) is 5.91 Å². The highest BCUT2D eigenvalue weighted by Crippen LogP contribution is 2.45. The first kappa shape index (κ1) is 18.9. The quantitative estimate of drug-likeness (QED) is 0.668. The van der Waals surface area contributed by atoms with Gasteiger partial charge in [-0.15, -0.1) is 11.8 Å². The van der Waals surface area contributed by atoms with E-state index in [1.54, 1.807) is 18.5 Å². The lowest BCUT2D eigenvalue weighted by atomic mass is 10.1. The molecular formula is C21H15ClN4O3S. The second kappa shape index (κ2) is 7.30. The lowest BCUT2D eigenvalue weighted by molar-refractivity contribution is -0.118. The van der Waals surface area contributed by atoms with E-state index in [0.717, 1.165) is 15.7 Å². The molecule has 3 amide bonds. The standard InChI is InChI=1S/C21H15ClN4O3S/c1-29-18-6-13(14(22)9-24-18)17-7-15-19(30-17)20(27)26(21(28)25-15)16-10-23-8-11-4-2-3-5-12(11)16/h2-10,15,19H,1H3,(H,25,28). The van der Waals surface area contributed by atoms with Crippen molar-refractivity contribution in [1.29, 1.82) is 0 Å². The van der Waals surface area contributed by atoms with Gasteiger partial charge in [0.1, 0.15) is 5.25 Å². The molecule has 0 radical (unpaired) electrons. The number of ether oxygens (including phenoxy) is 1. The Morgan fingerprint density at radius 1 is 1.20 bits per heavy atom. The van der Waals surface area contributed by atoms with Gasteiger partial charge < -0.3 is 10.1 Å². The average Bonchev–Trinajstić information content (AvgIpc) is 3.18. The summed E-state index contributed by atoms with van der Waals surface area (Å²) in [5, 5.41) is 4.50. The van der Waals surface area contributed by atoms with Crippen LogP contribution in [0.25, 0.3) is 15.7 Å². The number of halogens is 1. The molecule has 1 fully saturated rings. The molecular weight excluding hydrogens is 424 g/mol. The van der Waals surface area contributed by atoms with Crippen LogP contribution >= 0.6 is 23.4 Å². The van der Waals surface area contributed by atoms with Gasteiger partial charge in [0.15, 0.2) is 0 Å². The van der Waals surface area contributed by atoms with Crippen molar-refractivity contribution in [2.45, 2.75) is 11.3 Å². The van der Waals surface area contributed by atoms with Gasteiger partial charge in [-0.3, -0.25) is 9.78 Å². The van der Waals surface area contributed by atoms with Gasteiger partial charge >= 0.3 is 6.03 Å². The lowest BCUT2D eigenvalue weighted by Gasteiger charge is -2.33. The summed E-state index contributed by atoms with van der Waals surface area (Å²) in [7, 11) is 1.52. The maximum Gasteiger partial charge on any atom is 0.329 e. The van der Waals surface area contributed by atoms with Gasteiger partial charge in [0.25, 0.3) is 5.91 Å². The number of hydrogen-bond acceptors (Lipinski definition) is 6. The van der Waals surface area contributed by atoms with Gasteiger partial charge in [-0.05, 0) is 6.08 Å². The largest absolute Gasteiger partial charge is 0.481 e. The first-order chi connectivity index (χ1) is 14.6. The maximum atomic E-state index is 13.4. The topological polar surface area (TPSA) is 84.4 Å². The number of fused-ring (bicyclic) bond motifs is 2. The van der Waals surface area contributed by atoms with Crippen molar-refractivity contribution in [2.75, 3.05) is 12.0 Å². The summed E-state index contributed by atoms with van der Waals surface area (Å²) in [5.41, 5.74) is 1.18. The summed E-state index contributed by atoms with van der Waals surface area (Å²) in [4.78, 5) is 36.5. The number of nitrogens with one attached hydrogen (secondary N) is 1. The van der Waals surface area contributed by atoms with Crippen LogP contribution in [-0.4, -0.2) is 40.3 Å². The van der Waals surface area contributed by atoms with Gasteiger partial charge in [-0.1, -0.05) is 35.9 Å². The van der Waals surface area contributed by atoms with Gasteiger partial charge in [0.2, 0.25) is 5.88 Å². The van der Waals surface area contributed by atoms with Gasteiger partial charge in [-0.25, -0.2) is 14.7 Å². The minimum Gasteiger partial charge on any atom is -0.481 e. The molecule has 0 bridgehead atoms. The number of nitrogens with zero attached hydrogens (tertiary/aromatic N) is 3. The van der Waals surface area contributed by atoms with Crippen molar-refractivity contribution in [3.8, 4) is 5.88 Å². The van der Waals surface area contributed by atoms with E-state index in [0.29, 0.717) is 22.2 Å². The SMILES string of the molecule is COc1cc(C2=CC3NC(=O)N(c4cncc5ccccc45)C(=O)C3S2)c(Cl)cn1. The highest BCUT2D eigenvalue weighted by atomic mass is 35.5. The van der Waals surface area contributed by atoms with Crippen LogP contribution in [0.3, 0.4) is 0 Å². The summed E-state index contributed by atoms with van der Waals surface area (Å²) in [6.45, 7) is 0. The van der Waals surface area contributed by atoms with Crippen molar-refractivity contribution in [2.24, 2.45) is 0 Å². The molecule has 0 spiro atoms. The van der Waals surface area contributed by atoms with E-state index in [4.69, 9.17) is 16.3 Å². The van der Waals surface area contributed by atoms with E-state index in [9.17, 15) is 9.59 Å². The fourth-order valence-electron chi connectivity index (χ4n) is 3.64. The number of thioether (sulfide) groups is 1. The van der Waals surface area contributed by atoms with Crippen LogP contribution in [0.2, 0.25) is 5.02 Å². The first-order valence-corrected chi connectivity index (χ1v) is 10.4. The smallest absolute Gasteiger partial charge is 0.329 e. The molecule has 2 unspecified atom stereocenters. The molecule has 2 aromatic heterocycles. The summed E-state index contributed by atoms with van der Waals surface area (Å²) in [6, 6.07) is 8.32. The van der Waals surface area contributed by atoms with Crippen LogP contribution in [0, 0.1) is 0 Å². The average molecular weight is 439 g/mol. The summed E-state index contributed by atoms with van der Waals surface area (Å²) < 4.78 is 5.18. The van der Waals surface area contributed by atoms with Crippen LogP contribution in [0.1, 0.15) is 5.56 Å². The number of benzene rings is 1. The van der Waals surface area contributed by atoms with Crippen molar-refractivity contribution < 1.29 is 14.3 Å². The molecule has 150 valence electrons. The molecule has 0 saturated carbocycles. The van der Waals surface area contributed by atoms with E-state index in [1.807, 2.05) is 30.3 Å². The van der Waals surface area contributed by atoms with Gasteiger partial charge in [0.05, 0.1) is 36.3 Å². The Kier molecular flexibility index (Phi) is 4.60. The maximum absolute atomic E-state index is 13.4. The predicted octanol–water partition coefficient (Wildman–Crippen LogP) is 3.87. The zero-order valence-corrected chi connectivity index (χ0v) is 17.3. The molecule has 9 heteroatoms. The number of aromatic nitrogens is 2. The zero-order valence-electron chi connectivity index (χ0n) is 15.7. The summed E-state index contributed by atoms with van der Waals surface area (Å²) in [5.74, 6) is 0.125. The van der Waals surface area contributed by atoms with Crippen LogP contribution in [-0.2, 0) is 4.79 Å². The van der Waals surface area contributed by atoms with Crippen LogP contribution < -0.4 is 15.0 Å². The summed E-state index contributed by atoms with van der Waals surface area (Å²) in [6.07, 6.45) is 6.60. The van der Waals surface area contributed by atoms with Crippen LogP contribution in [0.5, 0.6) is 5.88 Å². The molecule has 7 nitrogen and oxygen atoms in total. The second-order valence-corrected chi connectivity index (χ2v) is 8.40. The Morgan fingerprint density at radius 3 is 2.87 bits per heavy atom. The molecule has 1 N–H and O–H groups in total. The van der Waals surface area contributed by atoms with Crippen molar-refractivity contribution in [1.82, 2.24) is 15.3 Å². The predicted molar refractivity (Wildman–Crippen MR) is 117 cm³/mol. The molecule has 4 heterocycles. The Morgan fingerprint density at radius 2 is 2.03 bits per heavy atom. The Hall–Kier alpha value is -3.10. The fraction of sp³-hybridized carbons (Fsp3) is 0.143. The van der Waals surface area contributed by atoms with Gasteiger partial charge in [0, 0.05) is 33.5 Å². The molecule has 3 aromatic rings. The molecule has 1 aromatic carbocycles. The molecule has 1 saturated heterocycles. The number of hydrogen-bond donors (Lipinski definition) is 1. The molecule has 30 heavy (non-hydrogen) atoms. The van der Waals surface area contributed by atoms with Crippen molar-refractivity contribution in [3.63, 3.8) is 0 Å². The number of carbonyl (C=O) groups is 2. The van der Waals surface area contributed by atoms with E-state index < -0.39 is 17.3 Å². The Bertz CT molecular complexity index is 1230. The Labute approximate surface area is 181 Å². The first-order valence-electron chi connectivity index (χ1n) is 9.12. The fourth-order valence-corrected chi connectivity index (χ4v) is 5.19. The normalized spacial score (nSPS) is 20.7. The molecule has 2 aliphatic rings. The monoisotopic (exact) mass is 438 g/mol. The second-order valence-electron chi connectivity index (χ2n) is 6.80. The summed E-state index contributed by atoms with van der Waals surface area (Å²) >= 11 is 7.68. The van der Waals surface area contributed by atoms with Crippen molar-refractivity contribution >= 4 is 56.7 Å². The number of anilines is 1. The molecule has 2 aliphatic heterocycles. The van der Waals surface area contributed by atoms with E-state index >= 15 is 0 Å².